The number of H-pyrrole nitrogens is 2. The van der Waals surface area contributed by atoms with Crippen molar-refractivity contribution in [3.63, 3.8) is 0 Å². The molecule has 0 bridgehead atoms. The van der Waals surface area contributed by atoms with E-state index in [-0.39, 0.29) is 0 Å². The van der Waals surface area contributed by atoms with Crippen LogP contribution in [0.15, 0.2) is 24.4 Å². The van der Waals surface area contributed by atoms with Crippen molar-refractivity contribution in [2.24, 2.45) is 0 Å². The SMILES string of the molecule is FC(F)(F)c1ccc2c3c([nH]c2c1)-c1n[nH]cc1CC3. The first-order chi connectivity index (χ1) is 9.54. The maximum atomic E-state index is 12.8. The predicted molar refractivity (Wildman–Crippen MR) is 68.3 cm³/mol. The number of nitrogens with zero attached hydrogens (tertiary/aromatic N) is 1. The van der Waals surface area contributed by atoms with Gasteiger partial charge in [-0.1, -0.05) is 6.07 Å². The molecule has 20 heavy (non-hydrogen) atoms. The molecule has 0 fully saturated rings. The highest BCUT2D eigenvalue weighted by Crippen LogP contribution is 2.38. The lowest BCUT2D eigenvalue weighted by atomic mass is 9.94. The van der Waals surface area contributed by atoms with Crippen LogP contribution in [0.4, 0.5) is 13.2 Å². The van der Waals surface area contributed by atoms with Crippen LogP contribution in [0.5, 0.6) is 0 Å². The molecule has 4 rings (SSSR count). The van der Waals surface area contributed by atoms with E-state index in [1.54, 1.807) is 6.07 Å². The molecule has 102 valence electrons. The van der Waals surface area contributed by atoms with Crippen LogP contribution in [0.1, 0.15) is 16.7 Å². The number of nitrogens with one attached hydrogen (secondary N) is 2. The van der Waals surface area contributed by atoms with Crippen molar-refractivity contribution < 1.29 is 13.2 Å². The lowest BCUT2D eigenvalue weighted by Crippen LogP contribution is -2.04. The Balaban J connectivity index is 1.97. The van der Waals surface area contributed by atoms with Crippen LogP contribution in [-0.4, -0.2) is 15.2 Å². The van der Waals surface area contributed by atoms with E-state index in [1.807, 2.05) is 6.20 Å². The van der Waals surface area contributed by atoms with Crippen LogP contribution in [0.3, 0.4) is 0 Å². The number of aryl methyl sites for hydroxylation is 2. The Kier molecular flexibility index (Phi) is 2.11. The topological polar surface area (TPSA) is 44.5 Å². The Hall–Kier alpha value is -2.24. The molecular formula is C14H10F3N3. The van der Waals surface area contributed by atoms with Gasteiger partial charge in [0, 0.05) is 17.1 Å². The lowest BCUT2D eigenvalue weighted by molar-refractivity contribution is -0.137. The summed E-state index contributed by atoms with van der Waals surface area (Å²) in [6.07, 6.45) is -0.817. The monoisotopic (exact) mass is 277 g/mol. The van der Waals surface area contributed by atoms with Gasteiger partial charge in [0.25, 0.3) is 0 Å². The van der Waals surface area contributed by atoms with Crippen molar-refractivity contribution in [3.05, 3.63) is 41.1 Å². The molecule has 1 aromatic carbocycles. The van der Waals surface area contributed by atoms with Gasteiger partial charge in [0.15, 0.2) is 0 Å². The number of halogens is 3. The third-order valence-electron chi connectivity index (χ3n) is 3.83. The summed E-state index contributed by atoms with van der Waals surface area (Å²) in [6.45, 7) is 0. The van der Waals surface area contributed by atoms with Gasteiger partial charge in [-0.2, -0.15) is 18.3 Å². The third kappa shape index (κ3) is 1.51. The lowest BCUT2D eigenvalue weighted by Gasteiger charge is -2.10. The molecule has 1 aliphatic rings. The Bertz CT molecular complexity index is 811. The minimum atomic E-state index is -4.32. The Morgan fingerprint density at radius 1 is 1.15 bits per heavy atom. The fourth-order valence-electron chi connectivity index (χ4n) is 2.88. The number of benzene rings is 1. The van der Waals surface area contributed by atoms with Crippen LogP contribution < -0.4 is 0 Å². The van der Waals surface area contributed by atoms with Crippen LogP contribution >= 0.6 is 0 Å². The summed E-state index contributed by atoms with van der Waals surface area (Å²) < 4.78 is 38.3. The summed E-state index contributed by atoms with van der Waals surface area (Å²) in [4.78, 5) is 3.09. The van der Waals surface area contributed by atoms with E-state index in [0.717, 1.165) is 46.8 Å². The number of alkyl halides is 3. The molecule has 0 radical (unpaired) electrons. The molecule has 0 atom stereocenters. The number of aromatic amines is 2. The summed E-state index contributed by atoms with van der Waals surface area (Å²) in [5.74, 6) is 0. The molecule has 0 spiro atoms. The van der Waals surface area contributed by atoms with Crippen molar-refractivity contribution in [3.8, 4) is 11.4 Å². The zero-order chi connectivity index (χ0) is 13.9. The van der Waals surface area contributed by atoms with E-state index in [0.29, 0.717) is 5.52 Å². The van der Waals surface area contributed by atoms with Gasteiger partial charge in [-0.15, -0.1) is 0 Å². The molecule has 0 amide bonds. The van der Waals surface area contributed by atoms with Gasteiger partial charge < -0.3 is 4.98 Å². The summed E-state index contributed by atoms with van der Waals surface area (Å²) in [5.41, 5.74) is 3.68. The Labute approximate surface area is 111 Å². The van der Waals surface area contributed by atoms with E-state index in [4.69, 9.17) is 0 Å². The van der Waals surface area contributed by atoms with Gasteiger partial charge in [0.2, 0.25) is 0 Å². The summed E-state index contributed by atoms with van der Waals surface area (Å²) in [6, 6.07) is 3.85. The average Bonchev–Trinajstić information content (AvgIpc) is 3.00. The predicted octanol–water partition coefficient (Wildman–Crippen LogP) is 3.68. The van der Waals surface area contributed by atoms with Gasteiger partial charge in [-0.05, 0) is 36.1 Å². The molecule has 2 N–H and O–H groups in total. The Morgan fingerprint density at radius 2 is 2.00 bits per heavy atom. The van der Waals surface area contributed by atoms with Gasteiger partial charge in [0.1, 0.15) is 5.69 Å². The fraction of sp³-hybridized carbons (Fsp3) is 0.214. The largest absolute Gasteiger partial charge is 0.416 e. The van der Waals surface area contributed by atoms with Crippen molar-refractivity contribution in [2.45, 2.75) is 19.0 Å². The number of fused-ring (bicyclic) bond motifs is 5. The fourth-order valence-corrected chi connectivity index (χ4v) is 2.88. The van der Waals surface area contributed by atoms with Gasteiger partial charge in [0.05, 0.1) is 11.3 Å². The number of aromatic nitrogens is 3. The molecule has 0 aliphatic heterocycles. The maximum Gasteiger partial charge on any atom is 0.416 e. The molecule has 0 saturated heterocycles. The minimum Gasteiger partial charge on any atom is -0.353 e. The molecule has 6 heteroatoms. The third-order valence-corrected chi connectivity index (χ3v) is 3.83. The highest BCUT2D eigenvalue weighted by Gasteiger charge is 2.31. The second-order valence-electron chi connectivity index (χ2n) is 5.00. The van der Waals surface area contributed by atoms with Crippen molar-refractivity contribution in [1.29, 1.82) is 0 Å². The van der Waals surface area contributed by atoms with Crippen LogP contribution in [0.2, 0.25) is 0 Å². The number of hydrogen-bond donors (Lipinski definition) is 2. The number of hydrogen-bond acceptors (Lipinski definition) is 1. The van der Waals surface area contributed by atoms with Gasteiger partial charge in [-0.3, -0.25) is 5.10 Å². The van der Waals surface area contributed by atoms with Crippen molar-refractivity contribution in [2.75, 3.05) is 0 Å². The summed E-state index contributed by atoms with van der Waals surface area (Å²) >= 11 is 0. The molecule has 2 heterocycles. The first kappa shape index (κ1) is 11.6. The van der Waals surface area contributed by atoms with Crippen LogP contribution in [-0.2, 0) is 19.0 Å². The van der Waals surface area contributed by atoms with E-state index in [9.17, 15) is 13.2 Å². The molecule has 3 aromatic rings. The molecule has 3 nitrogen and oxygen atoms in total. The van der Waals surface area contributed by atoms with E-state index in [1.165, 1.54) is 6.07 Å². The molecule has 0 unspecified atom stereocenters. The summed E-state index contributed by atoms with van der Waals surface area (Å²) in [7, 11) is 0. The van der Waals surface area contributed by atoms with Crippen molar-refractivity contribution >= 4 is 10.9 Å². The minimum absolute atomic E-state index is 0.515. The first-order valence-electron chi connectivity index (χ1n) is 6.29. The maximum absolute atomic E-state index is 12.8. The first-order valence-corrected chi connectivity index (χ1v) is 6.29. The second-order valence-corrected chi connectivity index (χ2v) is 5.00. The smallest absolute Gasteiger partial charge is 0.353 e. The number of rotatable bonds is 0. The van der Waals surface area contributed by atoms with Crippen LogP contribution in [0.25, 0.3) is 22.3 Å². The van der Waals surface area contributed by atoms with Crippen LogP contribution in [0, 0.1) is 0 Å². The molecule has 1 aliphatic carbocycles. The van der Waals surface area contributed by atoms with Gasteiger partial charge >= 0.3 is 6.18 Å². The van der Waals surface area contributed by atoms with E-state index >= 15 is 0 Å². The van der Waals surface area contributed by atoms with Gasteiger partial charge in [-0.25, -0.2) is 0 Å². The van der Waals surface area contributed by atoms with E-state index < -0.39 is 11.7 Å². The summed E-state index contributed by atoms with van der Waals surface area (Å²) in [5, 5.41) is 7.85. The molecular weight excluding hydrogens is 267 g/mol. The zero-order valence-corrected chi connectivity index (χ0v) is 10.3. The average molecular weight is 277 g/mol. The highest BCUT2D eigenvalue weighted by molar-refractivity contribution is 5.92. The molecule has 2 aromatic heterocycles. The Morgan fingerprint density at radius 3 is 2.80 bits per heavy atom. The molecule has 0 saturated carbocycles. The standard InChI is InChI=1S/C14H10F3N3/c15-14(16,17)8-2-4-9-10-3-1-7-6-18-20-12(7)13(10)19-11(9)5-8/h2,4-6,19H,1,3H2,(H,18,20). The highest BCUT2D eigenvalue weighted by atomic mass is 19.4. The normalized spacial score (nSPS) is 14.3. The van der Waals surface area contributed by atoms with Crippen molar-refractivity contribution in [1.82, 2.24) is 15.2 Å². The zero-order valence-electron chi connectivity index (χ0n) is 10.3. The second kappa shape index (κ2) is 3.65. The van der Waals surface area contributed by atoms with E-state index in [2.05, 4.69) is 15.2 Å². The quantitative estimate of drug-likeness (QED) is 0.647.